The third-order valence-corrected chi connectivity index (χ3v) is 7.95. The monoisotopic (exact) mass is 632 g/mol. The highest BCUT2D eigenvalue weighted by molar-refractivity contribution is 7.90. The summed E-state index contributed by atoms with van der Waals surface area (Å²) in [5.41, 5.74) is -1.88. The minimum absolute atomic E-state index is 0.0150. The molecule has 2 amide bonds. The molecule has 42 heavy (non-hydrogen) atoms. The van der Waals surface area contributed by atoms with E-state index in [0.717, 1.165) is 10.1 Å². The maximum Gasteiger partial charge on any atom is 0.407 e. The summed E-state index contributed by atoms with van der Waals surface area (Å²) in [6, 6.07) is 15.4. The number of fused-ring (bicyclic) bond motifs is 1. The summed E-state index contributed by atoms with van der Waals surface area (Å²) < 4.78 is 32.9. The average molecular weight is 634 g/mol. The zero-order chi connectivity index (χ0) is 30.8. The van der Waals surface area contributed by atoms with Crippen molar-refractivity contribution in [2.24, 2.45) is 0 Å². The molecule has 0 atom stereocenters. The lowest BCUT2D eigenvalue weighted by atomic mass is 10.2. The van der Waals surface area contributed by atoms with Crippen molar-refractivity contribution in [3.05, 3.63) is 103 Å². The number of alkyl carbamates (subject to hydrolysis) is 1. The van der Waals surface area contributed by atoms with E-state index in [0.29, 0.717) is 5.69 Å². The van der Waals surface area contributed by atoms with Crippen molar-refractivity contribution in [1.29, 1.82) is 0 Å². The number of anilines is 1. The van der Waals surface area contributed by atoms with Crippen LogP contribution in [0.25, 0.3) is 10.9 Å². The second-order valence-corrected chi connectivity index (χ2v) is 12.8. The van der Waals surface area contributed by atoms with Gasteiger partial charge in [-0.15, -0.1) is 3.97 Å². The fourth-order valence-corrected chi connectivity index (χ4v) is 5.54. The van der Waals surface area contributed by atoms with Crippen LogP contribution in [0.3, 0.4) is 0 Å². The molecule has 1 aromatic heterocycles. The van der Waals surface area contributed by atoms with Crippen LogP contribution in [0.15, 0.2) is 81.2 Å². The molecule has 0 saturated carbocycles. The summed E-state index contributed by atoms with van der Waals surface area (Å²) in [5.74, 6) is -0.674. The van der Waals surface area contributed by atoms with Crippen molar-refractivity contribution in [1.82, 2.24) is 13.9 Å². The number of hydrogen-bond donors (Lipinski definition) is 2. The molecule has 3 aromatic carbocycles. The molecule has 0 fully saturated rings. The van der Waals surface area contributed by atoms with Crippen LogP contribution in [-0.4, -0.2) is 34.6 Å². The SMILES string of the molecule is CC(C)(C)OC(=O)NCc1ccc(NC(=O)Cn2c(=O)n(S(=O)(=O)c3ccc(Cl)cc3)c(=O)c3ccc(Cl)cc32)cc1. The minimum Gasteiger partial charge on any atom is -0.444 e. The lowest BCUT2D eigenvalue weighted by Gasteiger charge is -2.19. The first-order chi connectivity index (χ1) is 19.7. The smallest absolute Gasteiger partial charge is 0.407 e. The molecule has 220 valence electrons. The summed E-state index contributed by atoms with van der Waals surface area (Å²) >= 11 is 12.0. The molecule has 4 rings (SSSR count). The predicted molar refractivity (Wildman–Crippen MR) is 160 cm³/mol. The molecule has 0 saturated heterocycles. The Kier molecular flexibility index (Phi) is 8.81. The van der Waals surface area contributed by atoms with Crippen molar-refractivity contribution < 1.29 is 22.7 Å². The zero-order valence-electron chi connectivity index (χ0n) is 22.7. The number of benzene rings is 3. The van der Waals surface area contributed by atoms with Gasteiger partial charge in [0.15, 0.2) is 0 Å². The fourth-order valence-electron chi connectivity index (χ4n) is 3.93. The number of carbonyl (C=O) groups excluding carboxylic acids is 2. The van der Waals surface area contributed by atoms with Gasteiger partial charge in [0.2, 0.25) is 5.91 Å². The van der Waals surface area contributed by atoms with Gasteiger partial charge >= 0.3 is 11.8 Å². The van der Waals surface area contributed by atoms with Crippen LogP contribution in [0, 0.1) is 0 Å². The largest absolute Gasteiger partial charge is 0.444 e. The molecular weight excluding hydrogens is 607 g/mol. The van der Waals surface area contributed by atoms with E-state index < -0.39 is 45.4 Å². The van der Waals surface area contributed by atoms with Gasteiger partial charge in [-0.05, 0) is 80.9 Å². The van der Waals surface area contributed by atoms with E-state index in [9.17, 15) is 27.6 Å². The maximum absolute atomic E-state index is 13.5. The highest BCUT2D eigenvalue weighted by Crippen LogP contribution is 2.19. The van der Waals surface area contributed by atoms with Crippen LogP contribution in [0.4, 0.5) is 10.5 Å². The number of hydrogen-bond acceptors (Lipinski definition) is 7. The number of halogens is 2. The Labute approximate surface area is 250 Å². The Morgan fingerprint density at radius 1 is 0.905 bits per heavy atom. The number of nitrogens with one attached hydrogen (secondary N) is 2. The normalized spacial score (nSPS) is 11.7. The molecule has 2 N–H and O–H groups in total. The van der Waals surface area contributed by atoms with Crippen molar-refractivity contribution in [3.8, 4) is 0 Å². The van der Waals surface area contributed by atoms with E-state index in [4.69, 9.17) is 27.9 Å². The molecule has 0 aliphatic rings. The van der Waals surface area contributed by atoms with Crippen molar-refractivity contribution >= 4 is 61.8 Å². The standard InChI is InChI=1S/C28H26Cl2N4O7S/c1-28(2,3)41-26(37)31-15-17-4-9-20(10-5-17)32-24(35)16-33-23-14-19(30)8-13-22(23)25(36)34(27(33)38)42(39,40)21-11-6-18(29)7-12-21/h4-14H,15-16H2,1-3H3,(H,31,37)(H,32,35). The van der Waals surface area contributed by atoms with Crippen molar-refractivity contribution in [3.63, 3.8) is 0 Å². The van der Waals surface area contributed by atoms with Gasteiger partial charge in [0.1, 0.15) is 12.1 Å². The number of nitrogens with zero attached hydrogens (tertiary/aromatic N) is 2. The van der Waals surface area contributed by atoms with E-state index >= 15 is 0 Å². The van der Waals surface area contributed by atoms with Crippen LogP contribution in [0.1, 0.15) is 26.3 Å². The number of amides is 2. The maximum atomic E-state index is 13.5. The Morgan fingerprint density at radius 3 is 2.14 bits per heavy atom. The third kappa shape index (κ3) is 7.01. The van der Waals surface area contributed by atoms with Gasteiger partial charge in [0.05, 0.1) is 15.8 Å². The Bertz CT molecular complexity index is 1900. The molecule has 0 aliphatic carbocycles. The van der Waals surface area contributed by atoms with Crippen LogP contribution < -0.4 is 21.9 Å². The van der Waals surface area contributed by atoms with Crippen molar-refractivity contribution in [2.75, 3.05) is 5.32 Å². The second kappa shape index (κ2) is 12.0. The second-order valence-electron chi connectivity index (χ2n) is 10.2. The van der Waals surface area contributed by atoms with E-state index in [1.54, 1.807) is 45.0 Å². The van der Waals surface area contributed by atoms with Crippen molar-refractivity contribution in [2.45, 2.75) is 44.4 Å². The first kappa shape index (κ1) is 30.8. The summed E-state index contributed by atoms with van der Waals surface area (Å²) in [6.45, 7) is 4.82. The van der Waals surface area contributed by atoms with Gasteiger partial charge in [-0.1, -0.05) is 35.3 Å². The number of ether oxygens (including phenoxy) is 1. The van der Waals surface area contributed by atoms with Gasteiger partial charge < -0.3 is 15.4 Å². The summed E-state index contributed by atoms with van der Waals surface area (Å²) in [6.07, 6.45) is -0.572. The molecule has 0 bridgehead atoms. The lowest BCUT2D eigenvalue weighted by molar-refractivity contribution is -0.116. The molecule has 0 spiro atoms. The van der Waals surface area contributed by atoms with Gasteiger partial charge in [0, 0.05) is 22.3 Å². The van der Waals surface area contributed by atoms with E-state index in [-0.39, 0.29) is 36.4 Å². The van der Waals surface area contributed by atoms with Gasteiger partial charge in [0.25, 0.3) is 15.6 Å². The van der Waals surface area contributed by atoms with Crippen LogP contribution in [-0.2, 0) is 32.6 Å². The fraction of sp³-hybridized carbons (Fsp3) is 0.214. The van der Waals surface area contributed by atoms with E-state index in [1.807, 2.05) is 0 Å². The van der Waals surface area contributed by atoms with E-state index in [1.165, 1.54) is 42.5 Å². The summed E-state index contributed by atoms with van der Waals surface area (Å²) in [7, 11) is -4.65. The average Bonchev–Trinajstić information content (AvgIpc) is 2.90. The van der Waals surface area contributed by atoms with Gasteiger partial charge in [-0.25, -0.2) is 18.0 Å². The summed E-state index contributed by atoms with van der Waals surface area (Å²) in [5, 5.41) is 5.57. The topological polar surface area (TPSA) is 146 Å². The number of aromatic nitrogens is 2. The van der Waals surface area contributed by atoms with Crippen LogP contribution in [0.5, 0.6) is 0 Å². The Balaban J connectivity index is 1.62. The van der Waals surface area contributed by atoms with Crippen LogP contribution in [0.2, 0.25) is 10.0 Å². The molecule has 11 nitrogen and oxygen atoms in total. The minimum atomic E-state index is -4.65. The highest BCUT2D eigenvalue weighted by Gasteiger charge is 2.26. The lowest BCUT2D eigenvalue weighted by Crippen LogP contribution is -2.45. The van der Waals surface area contributed by atoms with Gasteiger partial charge in [-0.2, -0.15) is 0 Å². The molecule has 4 aromatic rings. The quantitative estimate of drug-likeness (QED) is 0.308. The Hall–Kier alpha value is -4.13. The third-order valence-electron chi connectivity index (χ3n) is 5.80. The molecule has 0 aliphatic heterocycles. The molecule has 1 heterocycles. The van der Waals surface area contributed by atoms with Gasteiger partial charge in [-0.3, -0.25) is 14.2 Å². The first-order valence-corrected chi connectivity index (χ1v) is 14.7. The number of rotatable bonds is 7. The first-order valence-electron chi connectivity index (χ1n) is 12.5. The number of carbonyl (C=O) groups is 2. The molecule has 0 unspecified atom stereocenters. The molecule has 0 radical (unpaired) electrons. The molecular formula is C28H26Cl2N4O7S. The van der Waals surface area contributed by atoms with Crippen LogP contribution >= 0.6 is 23.2 Å². The Morgan fingerprint density at radius 2 is 1.52 bits per heavy atom. The summed E-state index contributed by atoms with van der Waals surface area (Å²) in [4.78, 5) is 51.3. The zero-order valence-corrected chi connectivity index (χ0v) is 25.0. The highest BCUT2D eigenvalue weighted by atomic mass is 35.5. The predicted octanol–water partition coefficient (Wildman–Crippen LogP) is 4.37. The van der Waals surface area contributed by atoms with E-state index in [2.05, 4.69) is 10.6 Å². The molecule has 14 heteroatoms.